The van der Waals surface area contributed by atoms with Gasteiger partial charge in [-0.1, -0.05) is 78.9 Å². The summed E-state index contributed by atoms with van der Waals surface area (Å²) in [5.74, 6) is 0. The molecule has 142 valence electrons. The Kier molecular flexibility index (Phi) is 5.43. The standard InChI is InChI=1S/C25H22N4/c1-19-24(20(2)29(28-19)23-16-10-5-11-17-23)18-26-27-25(21-12-6-3-7-13-21)22-14-8-4-9-15-22/h3-18H,1-2H3. The third kappa shape index (κ3) is 4.06. The molecule has 0 atom stereocenters. The summed E-state index contributed by atoms with van der Waals surface area (Å²) in [5.41, 5.74) is 6.88. The average Bonchev–Trinajstić information content (AvgIpc) is 3.07. The number of rotatable bonds is 5. The summed E-state index contributed by atoms with van der Waals surface area (Å²) in [5, 5.41) is 13.7. The summed E-state index contributed by atoms with van der Waals surface area (Å²) in [6, 6.07) is 30.3. The first-order valence-corrected chi connectivity index (χ1v) is 9.57. The average molecular weight is 378 g/mol. The fraction of sp³-hybridized carbons (Fsp3) is 0.0800. The zero-order valence-electron chi connectivity index (χ0n) is 16.5. The maximum atomic E-state index is 4.67. The van der Waals surface area contributed by atoms with Crippen molar-refractivity contribution in [3.05, 3.63) is 119 Å². The Morgan fingerprint density at radius 2 is 1.28 bits per heavy atom. The lowest BCUT2D eigenvalue weighted by Crippen LogP contribution is -2.02. The fourth-order valence-electron chi connectivity index (χ4n) is 3.28. The van der Waals surface area contributed by atoms with Crippen molar-refractivity contribution in [2.45, 2.75) is 13.8 Å². The number of nitrogens with zero attached hydrogens (tertiary/aromatic N) is 4. The summed E-state index contributed by atoms with van der Waals surface area (Å²) in [6.07, 6.45) is 1.79. The topological polar surface area (TPSA) is 42.5 Å². The molecule has 3 aromatic carbocycles. The second-order valence-electron chi connectivity index (χ2n) is 6.76. The molecule has 0 aliphatic carbocycles. The van der Waals surface area contributed by atoms with Crippen LogP contribution < -0.4 is 0 Å². The Morgan fingerprint density at radius 1 is 0.759 bits per heavy atom. The third-order valence-corrected chi connectivity index (χ3v) is 4.79. The van der Waals surface area contributed by atoms with Gasteiger partial charge in [0.05, 0.1) is 23.3 Å². The summed E-state index contributed by atoms with van der Waals surface area (Å²) in [4.78, 5) is 0. The highest BCUT2D eigenvalue weighted by atomic mass is 15.3. The zero-order chi connectivity index (χ0) is 20.1. The molecule has 0 radical (unpaired) electrons. The first-order valence-electron chi connectivity index (χ1n) is 9.57. The molecule has 0 amide bonds. The lowest BCUT2D eigenvalue weighted by Gasteiger charge is -2.05. The molecule has 1 heterocycles. The molecule has 0 aliphatic rings. The van der Waals surface area contributed by atoms with Gasteiger partial charge in [0.15, 0.2) is 0 Å². The number of hydrogen-bond donors (Lipinski definition) is 0. The van der Waals surface area contributed by atoms with Crippen molar-refractivity contribution in [3.63, 3.8) is 0 Å². The van der Waals surface area contributed by atoms with Gasteiger partial charge in [-0.25, -0.2) is 4.68 Å². The van der Waals surface area contributed by atoms with E-state index in [0.29, 0.717) is 0 Å². The van der Waals surface area contributed by atoms with Gasteiger partial charge in [0.25, 0.3) is 0 Å². The second-order valence-corrected chi connectivity index (χ2v) is 6.76. The van der Waals surface area contributed by atoms with Crippen LogP contribution in [0.2, 0.25) is 0 Å². The predicted octanol–water partition coefficient (Wildman–Crippen LogP) is 5.36. The second kappa shape index (κ2) is 8.48. The van der Waals surface area contributed by atoms with Crippen LogP contribution in [0.25, 0.3) is 5.69 Å². The van der Waals surface area contributed by atoms with Crippen LogP contribution in [0.1, 0.15) is 28.1 Å². The smallest absolute Gasteiger partial charge is 0.100 e. The van der Waals surface area contributed by atoms with Crippen LogP contribution in [0.3, 0.4) is 0 Å². The number of hydrogen-bond acceptors (Lipinski definition) is 3. The largest absolute Gasteiger partial charge is 0.237 e. The van der Waals surface area contributed by atoms with Gasteiger partial charge in [0.1, 0.15) is 5.71 Å². The molecule has 0 saturated heterocycles. The lowest BCUT2D eigenvalue weighted by atomic mass is 10.0. The highest BCUT2D eigenvalue weighted by Crippen LogP contribution is 2.17. The molecule has 0 bridgehead atoms. The van der Waals surface area contributed by atoms with Crippen LogP contribution in [-0.4, -0.2) is 21.7 Å². The van der Waals surface area contributed by atoms with E-state index in [0.717, 1.165) is 39.5 Å². The van der Waals surface area contributed by atoms with E-state index in [9.17, 15) is 0 Å². The molecule has 1 aromatic heterocycles. The van der Waals surface area contributed by atoms with Gasteiger partial charge in [-0.15, -0.1) is 5.10 Å². The van der Waals surface area contributed by atoms with Crippen molar-refractivity contribution >= 4 is 11.9 Å². The molecule has 4 aromatic rings. The number of aromatic nitrogens is 2. The quantitative estimate of drug-likeness (QED) is 0.340. The van der Waals surface area contributed by atoms with Gasteiger partial charge in [0, 0.05) is 16.7 Å². The predicted molar refractivity (Wildman–Crippen MR) is 119 cm³/mol. The van der Waals surface area contributed by atoms with Gasteiger partial charge in [-0.05, 0) is 26.0 Å². The minimum absolute atomic E-state index is 0.841. The number of aryl methyl sites for hydroxylation is 1. The van der Waals surface area contributed by atoms with Crippen LogP contribution >= 0.6 is 0 Å². The van der Waals surface area contributed by atoms with E-state index in [1.165, 1.54) is 0 Å². The Bertz CT molecular complexity index is 1100. The molecule has 0 unspecified atom stereocenters. The Balaban J connectivity index is 1.71. The maximum Gasteiger partial charge on any atom is 0.100 e. The van der Waals surface area contributed by atoms with Crippen LogP contribution in [0, 0.1) is 13.8 Å². The lowest BCUT2D eigenvalue weighted by molar-refractivity contribution is 0.833. The van der Waals surface area contributed by atoms with Crippen LogP contribution in [-0.2, 0) is 0 Å². The van der Waals surface area contributed by atoms with E-state index in [1.54, 1.807) is 6.21 Å². The number of benzene rings is 3. The zero-order valence-corrected chi connectivity index (χ0v) is 16.5. The van der Waals surface area contributed by atoms with Gasteiger partial charge in [-0.3, -0.25) is 0 Å². The van der Waals surface area contributed by atoms with E-state index in [2.05, 4.69) is 15.3 Å². The van der Waals surface area contributed by atoms with Gasteiger partial charge >= 0.3 is 0 Å². The van der Waals surface area contributed by atoms with Gasteiger partial charge in [0.2, 0.25) is 0 Å². The highest BCUT2D eigenvalue weighted by Gasteiger charge is 2.11. The van der Waals surface area contributed by atoms with E-state index < -0.39 is 0 Å². The van der Waals surface area contributed by atoms with E-state index in [1.807, 2.05) is 110 Å². The highest BCUT2D eigenvalue weighted by molar-refractivity contribution is 6.13. The Morgan fingerprint density at radius 3 is 1.83 bits per heavy atom. The summed E-state index contributed by atoms with van der Waals surface area (Å²) in [7, 11) is 0. The maximum absolute atomic E-state index is 4.67. The van der Waals surface area contributed by atoms with Crippen LogP contribution in [0.5, 0.6) is 0 Å². The first kappa shape index (κ1) is 18.6. The molecule has 0 N–H and O–H groups in total. The Labute approximate surface area is 170 Å². The van der Waals surface area contributed by atoms with E-state index in [4.69, 9.17) is 0 Å². The molecule has 29 heavy (non-hydrogen) atoms. The van der Waals surface area contributed by atoms with Gasteiger partial charge < -0.3 is 0 Å². The molecular formula is C25H22N4. The minimum atomic E-state index is 0.841. The van der Waals surface area contributed by atoms with Gasteiger partial charge in [-0.2, -0.15) is 10.2 Å². The van der Waals surface area contributed by atoms with E-state index in [-0.39, 0.29) is 0 Å². The third-order valence-electron chi connectivity index (χ3n) is 4.79. The molecule has 4 nitrogen and oxygen atoms in total. The normalized spacial score (nSPS) is 11.0. The molecule has 0 aliphatic heterocycles. The van der Waals surface area contributed by atoms with Crippen molar-refractivity contribution in [1.29, 1.82) is 0 Å². The molecule has 0 spiro atoms. The molecule has 0 fully saturated rings. The summed E-state index contributed by atoms with van der Waals surface area (Å²) in [6.45, 7) is 4.04. The van der Waals surface area contributed by atoms with Crippen molar-refractivity contribution in [1.82, 2.24) is 9.78 Å². The molecular weight excluding hydrogens is 356 g/mol. The minimum Gasteiger partial charge on any atom is -0.237 e. The monoisotopic (exact) mass is 378 g/mol. The summed E-state index contributed by atoms with van der Waals surface area (Å²) >= 11 is 0. The molecule has 0 saturated carbocycles. The van der Waals surface area contributed by atoms with Crippen molar-refractivity contribution in [3.8, 4) is 5.69 Å². The van der Waals surface area contributed by atoms with Crippen molar-refractivity contribution < 1.29 is 0 Å². The number of para-hydroxylation sites is 1. The van der Waals surface area contributed by atoms with Crippen molar-refractivity contribution in [2.24, 2.45) is 10.2 Å². The van der Waals surface area contributed by atoms with E-state index >= 15 is 0 Å². The molecule has 4 heteroatoms. The first-order chi connectivity index (χ1) is 14.2. The van der Waals surface area contributed by atoms with Crippen LogP contribution in [0.15, 0.2) is 101 Å². The Hall–Kier alpha value is -3.79. The molecule has 4 rings (SSSR count). The van der Waals surface area contributed by atoms with Crippen molar-refractivity contribution in [2.75, 3.05) is 0 Å². The fourth-order valence-corrected chi connectivity index (χ4v) is 3.28. The summed E-state index contributed by atoms with van der Waals surface area (Å²) < 4.78 is 1.94. The van der Waals surface area contributed by atoms with Crippen LogP contribution in [0.4, 0.5) is 0 Å². The SMILES string of the molecule is Cc1nn(-c2ccccc2)c(C)c1C=NN=C(c1ccccc1)c1ccccc1.